The molecule has 0 saturated carbocycles. The number of benzene rings is 11. The van der Waals surface area contributed by atoms with Gasteiger partial charge in [-0.2, -0.15) is 0 Å². The molecular formula is C61H39N3. The lowest BCUT2D eigenvalue weighted by Crippen LogP contribution is -2.01. The molecule has 11 aromatic carbocycles. The summed E-state index contributed by atoms with van der Waals surface area (Å²) < 4.78 is 0. The predicted molar refractivity (Wildman–Crippen MR) is 268 cm³/mol. The van der Waals surface area contributed by atoms with Crippen LogP contribution in [0.25, 0.3) is 122 Å². The van der Waals surface area contributed by atoms with Crippen LogP contribution in [0, 0.1) is 0 Å². The van der Waals surface area contributed by atoms with Crippen LogP contribution < -0.4 is 0 Å². The SMILES string of the molecule is c1ccc(-c2ccccc2-c2nc(-c3ccc(-c4cccc5ccccc45)cc3)nc(-c3cccc(-c4cccc(-c5c6ccccc6cc6c5ccc5ccccc56)c4)c3)n2)cc1. The number of aromatic nitrogens is 3. The van der Waals surface area contributed by atoms with E-state index in [0.29, 0.717) is 17.5 Å². The number of fused-ring (bicyclic) bond motifs is 5. The van der Waals surface area contributed by atoms with Crippen molar-refractivity contribution in [3.63, 3.8) is 0 Å². The molecule has 0 aliphatic heterocycles. The second-order valence-electron chi connectivity index (χ2n) is 16.3. The fraction of sp³-hybridized carbons (Fsp3) is 0. The Morgan fingerprint density at radius 3 is 1.47 bits per heavy atom. The molecule has 12 rings (SSSR count). The van der Waals surface area contributed by atoms with Gasteiger partial charge in [0, 0.05) is 16.7 Å². The van der Waals surface area contributed by atoms with E-state index in [1.807, 2.05) is 6.07 Å². The van der Waals surface area contributed by atoms with E-state index in [2.05, 4.69) is 231 Å². The van der Waals surface area contributed by atoms with Crippen molar-refractivity contribution in [2.24, 2.45) is 0 Å². The Hall–Kier alpha value is -8.53. The first-order chi connectivity index (χ1) is 31.7. The zero-order chi connectivity index (χ0) is 42.4. The van der Waals surface area contributed by atoms with Crippen LogP contribution in [0.15, 0.2) is 237 Å². The Kier molecular flexibility index (Phi) is 9.16. The summed E-state index contributed by atoms with van der Waals surface area (Å²) in [4.78, 5) is 15.7. The summed E-state index contributed by atoms with van der Waals surface area (Å²) >= 11 is 0. The average molecular weight is 814 g/mol. The van der Waals surface area contributed by atoms with Crippen LogP contribution in [-0.2, 0) is 0 Å². The highest BCUT2D eigenvalue weighted by Crippen LogP contribution is 2.41. The monoisotopic (exact) mass is 813 g/mol. The second kappa shape index (κ2) is 15.7. The van der Waals surface area contributed by atoms with Crippen molar-refractivity contribution < 1.29 is 0 Å². The van der Waals surface area contributed by atoms with Gasteiger partial charge in [-0.3, -0.25) is 0 Å². The van der Waals surface area contributed by atoms with E-state index in [-0.39, 0.29) is 0 Å². The molecule has 3 heteroatoms. The normalized spacial score (nSPS) is 11.4. The summed E-state index contributed by atoms with van der Waals surface area (Å²) in [5, 5.41) is 9.93. The van der Waals surface area contributed by atoms with Gasteiger partial charge in [-0.05, 0) is 106 Å². The third-order valence-corrected chi connectivity index (χ3v) is 12.5. The highest BCUT2D eigenvalue weighted by atomic mass is 15.0. The standard InChI is InChI=1S/C61H39N3/c1-2-15-40(16-3-1)52-26-10-11-29-56(52)61-63-59(44-33-31-43(32-34-44)51-30-14-20-41-17-4-7-25-50(41)51)62-60(64-61)49-24-13-22-46(38-49)45-21-12-23-48(37-45)58-54-28-9-6-19-47(54)39-57-53-27-8-5-18-42(53)35-36-55(57)58/h1-39H. The van der Waals surface area contributed by atoms with Gasteiger partial charge in [0.05, 0.1) is 0 Å². The summed E-state index contributed by atoms with van der Waals surface area (Å²) in [6, 6.07) is 84.3. The molecule has 0 N–H and O–H groups in total. The van der Waals surface area contributed by atoms with Gasteiger partial charge >= 0.3 is 0 Å². The van der Waals surface area contributed by atoms with Crippen molar-refractivity contribution in [1.82, 2.24) is 15.0 Å². The number of hydrogen-bond donors (Lipinski definition) is 0. The lowest BCUT2D eigenvalue weighted by Gasteiger charge is -2.15. The van der Waals surface area contributed by atoms with E-state index in [9.17, 15) is 0 Å². The molecule has 12 aromatic rings. The van der Waals surface area contributed by atoms with Crippen LogP contribution in [0.5, 0.6) is 0 Å². The lowest BCUT2D eigenvalue weighted by molar-refractivity contribution is 1.07. The summed E-state index contributed by atoms with van der Waals surface area (Å²) in [6.07, 6.45) is 0. The summed E-state index contributed by atoms with van der Waals surface area (Å²) in [7, 11) is 0. The Morgan fingerprint density at radius 1 is 0.203 bits per heavy atom. The van der Waals surface area contributed by atoms with Crippen LogP contribution >= 0.6 is 0 Å². The van der Waals surface area contributed by atoms with Crippen LogP contribution in [-0.4, -0.2) is 15.0 Å². The average Bonchev–Trinajstić information content (AvgIpc) is 3.38. The molecule has 0 bridgehead atoms. The van der Waals surface area contributed by atoms with Crippen LogP contribution in [0.1, 0.15) is 0 Å². The maximum Gasteiger partial charge on any atom is 0.164 e. The first kappa shape index (κ1) is 37.2. The molecule has 0 fully saturated rings. The fourth-order valence-corrected chi connectivity index (χ4v) is 9.40. The van der Waals surface area contributed by atoms with E-state index in [1.165, 1.54) is 59.8 Å². The molecule has 1 aromatic heterocycles. The minimum Gasteiger partial charge on any atom is -0.208 e. The van der Waals surface area contributed by atoms with Crippen LogP contribution in [0.2, 0.25) is 0 Å². The Morgan fingerprint density at radius 2 is 0.688 bits per heavy atom. The lowest BCUT2D eigenvalue weighted by atomic mass is 9.89. The Balaban J connectivity index is 0.988. The molecule has 0 aliphatic carbocycles. The van der Waals surface area contributed by atoms with Crippen molar-refractivity contribution in [1.29, 1.82) is 0 Å². The molecule has 3 nitrogen and oxygen atoms in total. The molecule has 298 valence electrons. The maximum atomic E-state index is 5.26. The van der Waals surface area contributed by atoms with Crippen LogP contribution in [0.4, 0.5) is 0 Å². The summed E-state index contributed by atoms with van der Waals surface area (Å²) in [5.74, 6) is 1.86. The number of hydrogen-bond acceptors (Lipinski definition) is 3. The third kappa shape index (κ3) is 6.68. The van der Waals surface area contributed by atoms with Gasteiger partial charge in [0.15, 0.2) is 17.5 Å². The Bertz CT molecular complexity index is 3720. The minimum atomic E-state index is 0.617. The molecular weight excluding hydrogens is 775 g/mol. The topological polar surface area (TPSA) is 38.7 Å². The zero-order valence-electron chi connectivity index (χ0n) is 34.9. The van der Waals surface area contributed by atoms with E-state index in [1.54, 1.807) is 0 Å². The van der Waals surface area contributed by atoms with E-state index in [4.69, 9.17) is 15.0 Å². The van der Waals surface area contributed by atoms with E-state index in [0.717, 1.165) is 44.5 Å². The van der Waals surface area contributed by atoms with E-state index >= 15 is 0 Å². The molecule has 0 amide bonds. The predicted octanol–water partition coefficient (Wildman–Crippen LogP) is 16.2. The largest absolute Gasteiger partial charge is 0.208 e. The van der Waals surface area contributed by atoms with Gasteiger partial charge < -0.3 is 0 Å². The Labute approximate surface area is 371 Å². The van der Waals surface area contributed by atoms with Crippen molar-refractivity contribution in [2.45, 2.75) is 0 Å². The quantitative estimate of drug-likeness (QED) is 0.119. The minimum absolute atomic E-state index is 0.617. The summed E-state index contributed by atoms with van der Waals surface area (Å²) in [5.41, 5.74) is 11.9. The number of nitrogens with zero attached hydrogens (tertiary/aromatic N) is 3. The molecule has 0 saturated heterocycles. The first-order valence-corrected chi connectivity index (χ1v) is 21.8. The third-order valence-electron chi connectivity index (χ3n) is 12.5. The van der Waals surface area contributed by atoms with Gasteiger partial charge in [-0.1, -0.05) is 218 Å². The number of rotatable bonds is 7. The van der Waals surface area contributed by atoms with Gasteiger partial charge in [0.25, 0.3) is 0 Å². The van der Waals surface area contributed by atoms with Crippen molar-refractivity contribution in [3.05, 3.63) is 237 Å². The van der Waals surface area contributed by atoms with Gasteiger partial charge in [-0.15, -0.1) is 0 Å². The van der Waals surface area contributed by atoms with Crippen molar-refractivity contribution >= 4 is 43.1 Å². The molecule has 0 unspecified atom stereocenters. The van der Waals surface area contributed by atoms with E-state index < -0.39 is 0 Å². The first-order valence-electron chi connectivity index (χ1n) is 21.8. The highest BCUT2D eigenvalue weighted by Gasteiger charge is 2.18. The van der Waals surface area contributed by atoms with Gasteiger partial charge in [0.2, 0.25) is 0 Å². The molecule has 0 radical (unpaired) electrons. The fourth-order valence-electron chi connectivity index (χ4n) is 9.40. The molecule has 1 heterocycles. The summed E-state index contributed by atoms with van der Waals surface area (Å²) in [6.45, 7) is 0. The van der Waals surface area contributed by atoms with Crippen molar-refractivity contribution in [3.8, 4) is 78.7 Å². The second-order valence-corrected chi connectivity index (χ2v) is 16.3. The van der Waals surface area contributed by atoms with Gasteiger partial charge in [0.1, 0.15) is 0 Å². The van der Waals surface area contributed by atoms with Crippen LogP contribution in [0.3, 0.4) is 0 Å². The van der Waals surface area contributed by atoms with Gasteiger partial charge in [-0.25, -0.2) is 15.0 Å². The van der Waals surface area contributed by atoms with Crippen molar-refractivity contribution in [2.75, 3.05) is 0 Å². The molecule has 0 atom stereocenters. The maximum absolute atomic E-state index is 5.26. The highest BCUT2D eigenvalue weighted by molar-refractivity contribution is 6.20. The molecule has 64 heavy (non-hydrogen) atoms. The zero-order valence-corrected chi connectivity index (χ0v) is 34.9. The molecule has 0 aliphatic rings. The molecule has 0 spiro atoms. The smallest absolute Gasteiger partial charge is 0.164 e.